The van der Waals surface area contributed by atoms with E-state index >= 15 is 0 Å². The fraction of sp³-hybridized carbons (Fsp3) is 0.621. The number of hydrogen-bond donors (Lipinski definition) is 1. The quantitative estimate of drug-likeness (QED) is 0.466. The topological polar surface area (TPSA) is 49.8 Å². The molecule has 2 aliphatic heterocycles. The largest absolute Gasteiger partial charge is 0.490 e. The molecule has 0 amide bonds. The SMILES string of the molecule is CC1CC(C)CC(Oc2ccc3cc(CN4C5CCCC4CC(C(=O)O)C5)ccc3c2C(F)(F)F)C1. The number of benzene rings is 2. The molecular weight excluding hydrogens is 467 g/mol. The molecule has 36 heavy (non-hydrogen) atoms. The van der Waals surface area contributed by atoms with Gasteiger partial charge in [-0.1, -0.05) is 38.5 Å². The molecular formula is C29H36F3NO3. The van der Waals surface area contributed by atoms with Crippen molar-refractivity contribution in [3.8, 4) is 5.75 Å². The number of nitrogens with zero attached hydrogens (tertiary/aromatic N) is 1. The molecule has 2 heterocycles. The zero-order valence-corrected chi connectivity index (χ0v) is 21.1. The first kappa shape index (κ1) is 25.4. The number of halogens is 3. The summed E-state index contributed by atoms with van der Waals surface area (Å²) in [5, 5.41) is 10.2. The molecule has 2 aromatic rings. The standard InChI is InChI=1S/C29H36F3NO3/c1-17-10-18(2)12-24(11-17)36-26-9-7-20-13-19(6-8-25(20)27(26)29(30,31)32)16-33-22-4-3-5-23(33)15-21(14-22)28(34)35/h6-9,13,17-18,21-24H,3-5,10-12,14-16H2,1-2H3,(H,34,35). The van der Waals surface area contributed by atoms with Gasteiger partial charge >= 0.3 is 12.1 Å². The van der Waals surface area contributed by atoms with E-state index in [0.29, 0.717) is 36.6 Å². The molecule has 4 nitrogen and oxygen atoms in total. The van der Waals surface area contributed by atoms with Crippen molar-refractivity contribution >= 4 is 16.7 Å². The van der Waals surface area contributed by atoms with Crippen LogP contribution in [-0.2, 0) is 17.5 Å². The van der Waals surface area contributed by atoms with Crippen molar-refractivity contribution in [2.75, 3.05) is 0 Å². The first-order chi connectivity index (χ1) is 17.1. The minimum Gasteiger partial charge on any atom is -0.490 e. The van der Waals surface area contributed by atoms with Crippen LogP contribution in [0.25, 0.3) is 10.8 Å². The molecule has 7 heteroatoms. The van der Waals surface area contributed by atoms with Gasteiger partial charge in [0.2, 0.25) is 0 Å². The number of rotatable bonds is 5. The van der Waals surface area contributed by atoms with Crippen LogP contribution in [0.4, 0.5) is 13.2 Å². The number of carboxylic acids is 1. The normalized spacial score (nSPS) is 31.4. The third-order valence-corrected chi connectivity index (χ3v) is 8.60. The van der Waals surface area contributed by atoms with E-state index in [-0.39, 0.29) is 35.2 Å². The Kier molecular flexibility index (Phi) is 6.96. The summed E-state index contributed by atoms with van der Waals surface area (Å²) in [4.78, 5) is 14.0. The Hall–Kier alpha value is -2.28. The minimum atomic E-state index is -4.52. The van der Waals surface area contributed by atoms with Crippen molar-refractivity contribution in [3.05, 3.63) is 41.5 Å². The van der Waals surface area contributed by atoms with Gasteiger partial charge in [0, 0.05) is 18.6 Å². The zero-order chi connectivity index (χ0) is 25.6. The number of alkyl halides is 3. The van der Waals surface area contributed by atoms with E-state index in [2.05, 4.69) is 18.7 Å². The lowest BCUT2D eigenvalue weighted by Gasteiger charge is -2.48. The van der Waals surface area contributed by atoms with Gasteiger partial charge in [-0.25, -0.2) is 0 Å². The van der Waals surface area contributed by atoms with Gasteiger partial charge in [0.1, 0.15) is 11.3 Å². The second kappa shape index (κ2) is 9.88. The van der Waals surface area contributed by atoms with E-state index in [1.54, 1.807) is 18.2 Å². The van der Waals surface area contributed by atoms with E-state index in [1.807, 2.05) is 6.07 Å². The van der Waals surface area contributed by atoms with Crippen LogP contribution < -0.4 is 4.74 Å². The van der Waals surface area contributed by atoms with E-state index < -0.39 is 17.7 Å². The highest BCUT2D eigenvalue weighted by molar-refractivity contribution is 5.89. The first-order valence-electron chi connectivity index (χ1n) is 13.4. The molecule has 2 aromatic carbocycles. The smallest absolute Gasteiger partial charge is 0.420 e. The van der Waals surface area contributed by atoms with Crippen LogP contribution in [0.15, 0.2) is 30.3 Å². The molecule has 1 aliphatic carbocycles. The molecule has 4 unspecified atom stereocenters. The third kappa shape index (κ3) is 5.22. The van der Waals surface area contributed by atoms with Gasteiger partial charge in [-0.15, -0.1) is 0 Å². The average molecular weight is 504 g/mol. The minimum absolute atomic E-state index is 0.0701. The summed E-state index contributed by atoms with van der Waals surface area (Å²) >= 11 is 0. The second-order valence-electron chi connectivity index (χ2n) is 11.6. The van der Waals surface area contributed by atoms with Crippen molar-refractivity contribution in [1.29, 1.82) is 0 Å². The number of hydrogen-bond acceptors (Lipinski definition) is 3. The van der Waals surface area contributed by atoms with Crippen LogP contribution in [0.3, 0.4) is 0 Å². The Morgan fingerprint density at radius 2 is 1.67 bits per heavy atom. The highest BCUT2D eigenvalue weighted by Crippen LogP contribution is 2.44. The Labute approximate surface area is 210 Å². The Balaban J connectivity index is 1.41. The summed E-state index contributed by atoms with van der Waals surface area (Å²) < 4.78 is 48.9. The maximum atomic E-state index is 14.3. The highest BCUT2D eigenvalue weighted by atomic mass is 19.4. The average Bonchev–Trinajstić information content (AvgIpc) is 2.77. The van der Waals surface area contributed by atoms with Crippen molar-refractivity contribution in [1.82, 2.24) is 4.90 Å². The summed E-state index contributed by atoms with van der Waals surface area (Å²) in [6.07, 6.45) is 2.28. The Morgan fingerprint density at radius 3 is 2.28 bits per heavy atom. The van der Waals surface area contributed by atoms with Crippen LogP contribution in [0.2, 0.25) is 0 Å². The predicted octanol–water partition coefficient (Wildman–Crippen LogP) is 7.28. The molecule has 3 aliphatic rings. The van der Waals surface area contributed by atoms with Crippen LogP contribution in [-0.4, -0.2) is 34.2 Å². The van der Waals surface area contributed by atoms with Crippen LogP contribution in [0.1, 0.15) is 76.3 Å². The van der Waals surface area contributed by atoms with Crippen molar-refractivity contribution < 1.29 is 27.8 Å². The predicted molar refractivity (Wildman–Crippen MR) is 133 cm³/mol. The monoisotopic (exact) mass is 503 g/mol. The first-order valence-corrected chi connectivity index (χ1v) is 13.4. The van der Waals surface area contributed by atoms with Crippen molar-refractivity contribution in [3.63, 3.8) is 0 Å². The van der Waals surface area contributed by atoms with E-state index in [1.165, 1.54) is 6.07 Å². The zero-order valence-electron chi connectivity index (χ0n) is 21.1. The number of ether oxygens (including phenoxy) is 1. The molecule has 2 saturated heterocycles. The highest BCUT2D eigenvalue weighted by Gasteiger charge is 2.41. The fourth-order valence-corrected chi connectivity index (χ4v) is 7.15. The number of piperidine rings is 2. The molecule has 4 atom stereocenters. The lowest BCUT2D eigenvalue weighted by Crippen LogP contribution is -2.52. The summed E-state index contributed by atoms with van der Waals surface area (Å²) in [7, 11) is 0. The number of fused-ring (bicyclic) bond motifs is 3. The Bertz CT molecular complexity index is 1090. The lowest BCUT2D eigenvalue weighted by molar-refractivity contribution is -0.146. The van der Waals surface area contributed by atoms with Gasteiger partial charge in [0.25, 0.3) is 0 Å². The summed E-state index contributed by atoms with van der Waals surface area (Å²) in [6.45, 7) is 4.91. The molecule has 5 rings (SSSR count). The molecule has 196 valence electrons. The molecule has 1 saturated carbocycles. The fourth-order valence-electron chi connectivity index (χ4n) is 7.15. The van der Waals surface area contributed by atoms with Gasteiger partial charge in [0.05, 0.1) is 12.0 Å². The maximum absolute atomic E-state index is 14.3. The van der Waals surface area contributed by atoms with E-state index in [4.69, 9.17) is 4.74 Å². The van der Waals surface area contributed by atoms with Gasteiger partial charge in [-0.05, 0) is 85.3 Å². The van der Waals surface area contributed by atoms with Gasteiger partial charge < -0.3 is 9.84 Å². The Morgan fingerprint density at radius 1 is 1.00 bits per heavy atom. The summed E-state index contributed by atoms with van der Waals surface area (Å²) in [5.41, 5.74) is 0.279. The molecule has 0 aromatic heterocycles. The number of carbonyl (C=O) groups is 1. The number of aliphatic carboxylic acids is 1. The summed E-state index contributed by atoms with van der Waals surface area (Å²) in [5.74, 6) is -0.199. The van der Waals surface area contributed by atoms with E-state index in [9.17, 15) is 23.1 Å². The van der Waals surface area contributed by atoms with E-state index in [0.717, 1.165) is 44.1 Å². The van der Waals surface area contributed by atoms with Gasteiger partial charge in [-0.3, -0.25) is 9.69 Å². The van der Waals surface area contributed by atoms with Crippen LogP contribution >= 0.6 is 0 Å². The summed E-state index contributed by atoms with van der Waals surface area (Å²) in [6, 6.07) is 8.92. The van der Waals surface area contributed by atoms with Crippen molar-refractivity contribution in [2.45, 2.75) is 96.1 Å². The van der Waals surface area contributed by atoms with Crippen LogP contribution in [0, 0.1) is 17.8 Å². The van der Waals surface area contributed by atoms with Gasteiger partial charge in [0.15, 0.2) is 0 Å². The second-order valence-corrected chi connectivity index (χ2v) is 11.6. The maximum Gasteiger partial charge on any atom is 0.420 e. The van der Waals surface area contributed by atoms with Crippen LogP contribution in [0.5, 0.6) is 5.75 Å². The molecule has 3 fully saturated rings. The lowest BCUT2D eigenvalue weighted by atomic mass is 9.78. The van der Waals surface area contributed by atoms with Gasteiger partial charge in [-0.2, -0.15) is 13.2 Å². The molecule has 1 N–H and O–H groups in total. The third-order valence-electron chi connectivity index (χ3n) is 8.60. The molecule has 0 spiro atoms. The van der Waals surface area contributed by atoms with Crippen molar-refractivity contribution in [2.24, 2.45) is 17.8 Å². The number of carboxylic acid groups (broad SMARTS) is 1. The molecule has 2 bridgehead atoms. The molecule has 0 radical (unpaired) electrons.